The van der Waals surface area contributed by atoms with Crippen molar-refractivity contribution in [2.45, 2.75) is 61.7 Å². The number of hydrogen-bond donors (Lipinski definition) is 2. The van der Waals surface area contributed by atoms with E-state index in [1.165, 1.54) is 0 Å². The fourth-order valence-corrected chi connectivity index (χ4v) is 6.95. The fraction of sp³-hybridized carbons (Fsp3) is 0.448. The summed E-state index contributed by atoms with van der Waals surface area (Å²) in [6, 6.07) is 13.0. The fourth-order valence-electron chi connectivity index (χ4n) is 6.95. The number of carbonyl (C=O) groups excluding carboxylic acids is 2. The number of aromatic hydroxyl groups is 1. The van der Waals surface area contributed by atoms with Gasteiger partial charge in [-0.25, -0.2) is 4.79 Å². The predicted molar refractivity (Wildman–Crippen MR) is 133 cm³/mol. The Kier molecular flexibility index (Phi) is 5.58. The summed E-state index contributed by atoms with van der Waals surface area (Å²) in [6.07, 6.45) is 2.61. The quantitative estimate of drug-likeness (QED) is 0.578. The van der Waals surface area contributed by atoms with Crippen LogP contribution in [0, 0.1) is 0 Å². The van der Waals surface area contributed by atoms with E-state index < -0.39 is 35.7 Å². The van der Waals surface area contributed by atoms with Crippen LogP contribution in [-0.4, -0.2) is 65.0 Å². The number of likely N-dealkylation sites (N-methyl/N-ethyl adjacent to an activating group) is 1. The van der Waals surface area contributed by atoms with Crippen molar-refractivity contribution in [1.29, 1.82) is 0 Å². The van der Waals surface area contributed by atoms with Crippen LogP contribution in [-0.2, 0) is 30.9 Å². The molecule has 0 amide bonds. The van der Waals surface area contributed by atoms with Gasteiger partial charge in [-0.05, 0) is 55.6 Å². The zero-order chi connectivity index (χ0) is 25.9. The van der Waals surface area contributed by atoms with Gasteiger partial charge in [0.1, 0.15) is 5.76 Å². The van der Waals surface area contributed by atoms with Crippen LogP contribution < -0.4 is 4.74 Å². The lowest BCUT2D eigenvalue weighted by molar-refractivity contribution is -0.172. The lowest BCUT2D eigenvalue weighted by atomic mass is 9.50. The summed E-state index contributed by atoms with van der Waals surface area (Å²) in [5.74, 6) is -0.585. The summed E-state index contributed by atoms with van der Waals surface area (Å²) in [7, 11) is 2.01. The van der Waals surface area contributed by atoms with Gasteiger partial charge in [-0.2, -0.15) is 0 Å². The molecule has 194 valence electrons. The number of aliphatic hydroxyl groups is 1. The number of esters is 2. The van der Waals surface area contributed by atoms with Gasteiger partial charge in [0, 0.05) is 18.0 Å². The average Bonchev–Trinajstić information content (AvgIpc) is 3.25. The van der Waals surface area contributed by atoms with E-state index >= 15 is 0 Å². The summed E-state index contributed by atoms with van der Waals surface area (Å²) in [4.78, 5) is 27.3. The Hall–Kier alpha value is -3.36. The number of rotatable bonds is 6. The van der Waals surface area contributed by atoms with Gasteiger partial charge < -0.3 is 29.3 Å². The third-order valence-electron chi connectivity index (χ3n) is 8.78. The molecule has 2 aliphatic carbocycles. The van der Waals surface area contributed by atoms with Crippen LogP contribution in [0.3, 0.4) is 0 Å². The maximum absolute atomic E-state index is 12.7. The van der Waals surface area contributed by atoms with E-state index in [1.807, 2.05) is 50.4 Å². The number of benzene rings is 2. The molecule has 8 heteroatoms. The van der Waals surface area contributed by atoms with E-state index in [9.17, 15) is 19.8 Å². The first-order valence-corrected chi connectivity index (χ1v) is 12.8. The van der Waals surface area contributed by atoms with Gasteiger partial charge in [-0.1, -0.05) is 43.3 Å². The third-order valence-corrected chi connectivity index (χ3v) is 8.78. The van der Waals surface area contributed by atoms with Crippen LogP contribution in [0.25, 0.3) is 0 Å². The molecule has 2 unspecified atom stereocenters. The lowest BCUT2D eigenvalue weighted by Crippen LogP contribution is -2.74. The van der Waals surface area contributed by atoms with Crippen molar-refractivity contribution in [3.8, 4) is 11.5 Å². The van der Waals surface area contributed by atoms with Gasteiger partial charge in [0.05, 0.1) is 17.4 Å². The molecule has 2 aliphatic heterocycles. The maximum atomic E-state index is 12.7. The Morgan fingerprint density at radius 2 is 1.97 bits per heavy atom. The van der Waals surface area contributed by atoms with E-state index in [-0.39, 0.29) is 36.3 Å². The molecule has 0 saturated carbocycles. The summed E-state index contributed by atoms with van der Waals surface area (Å²) >= 11 is 0. The third kappa shape index (κ3) is 3.49. The van der Waals surface area contributed by atoms with Gasteiger partial charge in [-0.15, -0.1) is 0 Å². The van der Waals surface area contributed by atoms with Crippen molar-refractivity contribution in [1.82, 2.24) is 4.90 Å². The second kappa shape index (κ2) is 8.60. The van der Waals surface area contributed by atoms with Crippen LogP contribution in [0.4, 0.5) is 0 Å². The molecule has 4 aliphatic rings. The van der Waals surface area contributed by atoms with Crippen molar-refractivity contribution >= 4 is 11.9 Å². The molecule has 1 saturated heterocycles. The molecule has 2 N–H and O–H groups in total. The number of hydrogen-bond acceptors (Lipinski definition) is 8. The van der Waals surface area contributed by atoms with Gasteiger partial charge >= 0.3 is 11.9 Å². The van der Waals surface area contributed by atoms with Crippen molar-refractivity contribution in [2.24, 2.45) is 0 Å². The SMILES string of the molecule is C[C@@H](CC(=O)OCC(=O)OC1=CC[C@@]2(O)[C@H]3Cc4ccc(O)c5c4C2(CCN3C)C1O5)c1ccccc1. The highest BCUT2D eigenvalue weighted by atomic mass is 16.6. The van der Waals surface area contributed by atoms with Gasteiger partial charge in [-0.3, -0.25) is 4.79 Å². The van der Waals surface area contributed by atoms with Crippen LogP contribution in [0.1, 0.15) is 48.8 Å². The number of nitrogens with zero attached hydrogens (tertiary/aromatic N) is 1. The van der Waals surface area contributed by atoms with Gasteiger partial charge in [0.25, 0.3) is 0 Å². The van der Waals surface area contributed by atoms with E-state index in [0.717, 1.165) is 23.2 Å². The number of carbonyl (C=O) groups is 2. The second-order valence-electron chi connectivity index (χ2n) is 10.8. The Labute approximate surface area is 215 Å². The minimum atomic E-state index is -1.13. The monoisotopic (exact) mass is 505 g/mol. The molecule has 8 nitrogen and oxygen atoms in total. The Morgan fingerprint density at radius 3 is 2.76 bits per heavy atom. The molecule has 5 atom stereocenters. The van der Waals surface area contributed by atoms with Crippen molar-refractivity contribution in [2.75, 3.05) is 20.2 Å². The molecule has 0 radical (unpaired) electrons. The Bertz CT molecular complexity index is 1290. The number of piperidine rings is 1. The topological polar surface area (TPSA) is 106 Å². The van der Waals surface area contributed by atoms with Crippen molar-refractivity contribution in [3.05, 3.63) is 71.0 Å². The lowest BCUT2D eigenvalue weighted by Gasteiger charge is -2.61. The number of phenolic OH excluding ortho intramolecular Hbond substituents is 1. The highest BCUT2D eigenvalue weighted by molar-refractivity contribution is 5.78. The largest absolute Gasteiger partial charge is 0.504 e. The molecular formula is C29H31NO7. The van der Waals surface area contributed by atoms with Gasteiger partial charge in [0.15, 0.2) is 24.2 Å². The van der Waals surface area contributed by atoms with Gasteiger partial charge in [0.2, 0.25) is 0 Å². The summed E-state index contributed by atoms with van der Waals surface area (Å²) in [5, 5.41) is 22.7. The second-order valence-corrected chi connectivity index (χ2v) is 10.8. The Balaban J connectivity index is 1.19. The molecule has 2 heterocycles. The summed E-state index contributed by atoms with van der Waals surface area (Å²) in [6.45, 7) is 2.15. The summed E-state index contributed by atoms with van der Waals surface area (Å²) in [5.41, 5.74) is 0.911. The molecule has 37 heavy (non-hydrogen) atoms. The molecule has 2 aromatic rings. The first kappa shape index (κ1) is 24.0. The number of ether oxygens (including phenoxy) is 3. The normalized spacial score (nSPS) is 30.0. The standard InChI is InChI=1S/C29H31NO7/c1-17(18-6-4-3-5-7-18)14-23(32)35-16-24(33)36-21-10-11-29(34)22-15-19-8-9-20(31)26-25(19)28(29,27(21)37-26)12-13-30(22)2/h3-10,17,22,27,31,34H,11-16H2,1-2H3/t17-,22+,27?,28?,29+/m0/s1. The van der Waals surface area contributed by atoms with Crippen LogP contribution in [0.2, 0.25) is 0 Å². The zero-order valence-electron chi connectivity index (χ0n) is 21.0. The zero-order valence-corrected chi connectivity index (χ0v) is 21.0. The molecule has 2 bridgehead atoms. The minimum Gasteiger partial charge on any atom is -0.504 e. The number of likely N-dealkylation sites (tertiary alicyclic amines) is 1. The molecule has 0 aromatic heterocycles. The van der Waals surface area contributed by atoms with Crippen molar-refractivity contribution in [3.63, 3.8) is 0 Å². The first-order valence-electron chi connectivity index (χ1n) is 12.8. The first-order chi connectivity index (χ1) is 17.7. The van der Waals surface area contributed by atoms with Crippen molar-refractivity contribution < 1.29 is 34.0 Å². The van der Waals surface area contributed by atoms with E-state index in [1.54, 1.807) is 12.1 Å². The average molecular weight is 506 g/mol. The molecule has 1 fully saturated rings. The number of phenols is 1. The van der Waals surface area contributed by atoms with E-state index in [4.69, 9.17) is 14.2 Å². The Morgan fingerprint density at radius 1 is 1.19 bits per heavy atom. The van der Waals surface area contributed by atoms with E-state index in [0.29, 0.717) is 18.6 Å². The summed E-state index contributed by atoms with van der Waals surface area (Å²) < 4.78 is 17.2. The molecule has 2 aromatic carbocycles. The molecule has 6 rings (SSSR count). The van der Waals surface area contributed by atoms with Crippen LogP contribution >= 0.6 is 0 Å². The predicted octanol–water partition coefficient (Wildman–Crippen LogP) is 2.95. The minimum absolute atomic E-state index is 0.00870. The van der Waals surface area contributed by atoms with E-state index in [2.05, 4.69) is 4.90 Å². The highest BCUT2D eigenvalue weighted by Gasteiger charge is 2.72. The maximum Gasteiger partial charge on any atom is 0.349 e. The molecule has 1 spiro atoms. The smallest absolute Gasteiger partial charge is 0.349 e. The van der Waals surface area contributed by atoms with Crippen LogP contribution in [0.5, 0.6) is 11.5 Å². The van der Waals surface area contributed by atoms with Crippen LogP contribution in [0.15, 0.2) is 54.3 Å². The highest BCUT2D eigenvalue weighted by Crippen LogP contribution is 2.65. The molecular weight excluding hydrogens is 474 g/mol.